The number of nitrogens with zero attached hydrogens (tertiary/aromatic N) is 5. The molecule has 1 N–H and O–H groups in total. The zero-order chi connectivity index (χ0) is 34.1. The number of nitrogens with one attached hydrogen (secondary N) is 1. The molecule has 0 spiro atoms. The molecule has 1 fully saturated rings. The Hall–Kier alpha value is -4.03. The second-order valence-electron chi connectivity index (χ2n) is 14.6. The summed E-state index contributed by atoms with van der Waals surface area (Å²) in [6.45, 7) is 23.2. The molecule has 6 rings (SSSR count). The number of pyridine rings is 1. The largest absolute Gasteiger partial charge is 0.371 e. The first-order valence-corrected chi connectivity index (χ1v) is 17.3. The van der Waals surface area contributed by atoms with Crippen LogP contribution in [0.2, 0.25) is 0 Å². The zero-order valence-corrected chi connectivity index (χ0v) is 30.3. The van der Waals surface area contributed by atoms with E-state index in [0.29, 0.717) is 17.4 Å². The van der Waals surface area contributed by atoms with Gasteiger partial charge in [0.05, 0.1) is 11.2 Å². The van der Waals surface area contributed by atoms with Crippen molar-refractivity contribution >= 4 is 22.2 Å². The molecule has 0 radical (unpaired) electrons. The summed E-state index contributed by atoms with van der Waals surface area (Å²) in [5, 5.41) is 4.42. The van der Waals surface area contributed by atoms with E-state index < -0.39 is 0 Å². The maximum Gasteiger partial charge on any atom is 0.152 e. The van der Waals surface area contributed by atoms with Crippen LogP contribution in [0.25, 0.3) is 38.9 Å². The molecule has 3 heterocycles. The summed E-state index contributed by atoms with van der Waals surface area (Å²) in [6.07, 6.45) is 8.68. The molecule has 0 saturated heterocycles. The van der Waals surface area contributed by atoms with Crippen molar-refractivity contribution in [2.75, 3.05) is 25.5 Å². The number of imidazole rings is 1. The van der Waals surface area contributed by atoms with Gasteiger partial charge in [0.25, 0.3) is 0 Å². The van der Waals surface area contributed by atoms with Crippen LogP contribution in [0.1, 0.15) is 92.8 Å². The summed E-state index contributed by atoms with van der Waals surface area (Å²) in [5.41, 5.74) is 7.81. The lowest BCUT2D eigenvalue weighted by molar-refractivity contribution is 0.105. The van der Waals surface area contributed by atoms with Crippen molar-refractivity contribution < 1.29 is 0 Å². The van der Waals surface area contributed by atoms with Gasteiger partial charge in [-0.3, -0.25) is 4.40 Å². The molecule has 0 amide bonds. The second-order valence-corrected chi connectivity index (χ2v) is 14.6. The number of benzene rings is 2. The average Bonchev–Trinajstić information content (AvgIpc) is 3.39. The molecule has 1 aliphatic rings. The molecule has 0 bridgehead atoms. The van der Waals surface area contributed by atoms with E-state index in [0.717, 1.165) is 63.4 Å². The van der Waals surface area contributed by atoms with Crippen molar-refractivity contribution in [1.29, 1.82) is 0 Å². The Morgan fingerprint density at radius 2 is 1.53 bits per heavy atom. The summed E-state index contributed by atoms with van der Waals surface area (Å²) >= 11 is 0. The zero-order valence-electron chi connectivity index (χ0n) is 30.3. The molecular weight excluding hydrogens is 576 g/mol. The van der Waals surface area contributed by atoms with E-state index >= 15 is 0 Å². The molecule has 0 unspecified atom stereocenters. The van der Waals surface area contributed by atoms with Crippen LogP contribution in [0.4, 0.5) is 5.82 Å². The van der Waals surface area contributed by atoms with Gasteiger partial charge >= 0.3 is 0 Å². The van der Waals surface area contributed by atoms with Gasteiger partial charge in [-0.05, 0) is 70.2 Å². The fourth-order valence-electron chi connectivity index (χ4n) is 5.92. The second kappa shape index (κ2) is 16.2. The molecule has 1 aliphatic carbocycles. The van der Waals surface area contributed by atoms with Crippen LogP contribution in [0.5, 0.6) is 0 Å². The lowest BCUT2D eigenvalue weighted by Gasteiger charge is -2.42. The highest BCUT2D eigenvalue weighted by molar-refractivity contribution is 5.91. The lowest BCUT2D eigenvalue weighted by atomic mass is 9.78. The van der Waals surface area contributed by atoms with Crippen LogP contribution >= 0.6 is 0 Å². The van der Waals surface area contributed by atoms with Crippen molar-refractivity contribution in [3.63, 3.8) is 0 Å². The van der Waals surface area contributed by atoms with E-state index in [1.807, 2.05) is 33.2 Å². The maximum atomic E-state index is 5.30. The van der Waals surface area contributed by atoms with E-state index in [9.17, 15) is 0 Å². The van der Waals surface area contributed by atoms with Gasteiger partial charge < -0.3 is 10.2 Å². The van der Waals surface area contributed by atoms with Gasteiger partial charge in [-0.15, -0.1) is 6.58 Å². The number of rotatable bonds is 9. The van der Waals surface area contributed by atoms with E-state index in [2.05, 4.69) is 129 Å². The average molecular weight is 633 g/mol. The number of fused-ring (bicyclic) bond motifs is 2. The lowest BCUT2D eigenvalue weighted by Crippen LogP contribution is -2.45. The number of hydrogen-bond acceptors (Lipinski definition) is 5. The maximum absolute atomic E-state index is 5.30. The van der Waals surface area contributed by atoms with E-state index in [1.54, 1.807) is 0 Å². The number of allylic oxidation sites excluding steroid dienone is 1. The van der Waals surface area contributed by atoms with Gasteiger partial charge in [0.15, 0.2) is 5.82 Å². The highest BCUT2D eigenvalue weighted by Crippen LogP contribution is 2.42. The topological polar surface area (TPSA) is 58.4 Å². The predicted octanol–water partition coefficient (Wildman–Crippen LogP) is 10.7. The Morgan fingerprint density at radius 1 is 0.915 bits per heavy atom. The predicted molar refractivity (Wildman–Crippen MR) is 202 cm³/mol. The van der Waals surface area contributed by atoms with Crippen LogP contribution in [-0.4, -0.2) is 50.4 Å². The molecule has 0 atom stereocenters. The van der Waals surface area contributed by atoms with Gasteiger partial charge in [0.1, 0.15) is 17.0 Å². The Bertz CT molecular complexity index is 1730. The first kappa shape index (κ1) is 35.8. The minimum atomic E-state index is 0.452. The molecular formula is C41H56N6. The van der Waals surface area contributed by atoms with Crippen LogP contribution < -0.4 is 5.32 Å². The third-order valence-electron chi connectivity index (χ3n) is 7.87. The fourth-order valence-corrected chi connectivity index (χ4v) is 5.92. The minimum Gasteiger partial charge on any atom is -0.371 e. The third kappa shape index (κ3) is 9.51. The molecule has 3 aromatic heterocycles. The molecule has 0 aliphatic heterocycles. The van der Waals surface area contributed by atoms with Crippen molar-refractivity contribution in [1.82, 2.24) is 24.3 Å². The first-order chi connectivity index (χ1) is 22.4. The molecule has 2 aromatic carbocycles. The van der Waals surface area contributed by atoms with Crippen molar-refractivity contribution in [3.8, 4) is 22.5 Å². The number of aromatic nitrogens is 4. The summed E-state index contributed by atoms with van der Waals surface area (Å²) in [7, 11) is 1.93. The van der Waals surface area contributed by atoms with Crippen LogP contribution in [0.15, 0.2) is 85.2 Å². The van der Waals surface area contributed by atoms with Gasteiger partial charge in [0.2, 0.25) is 0 Å². The summed E-state index contributed by atoms with van der Waals surface area (Å²) in [6, 6.07) is 21.7. The molecule has 6 heteroatoms. The third-order valence-corrected chi connectivity index (χ3v) is 7.87. The van der Waals surface area contributed by atoms with E-state index in [4.69, 9.17) is 9.97 Å². The normalized spacial score (nSPS) is 15.8. The fraction of sp³-hybridized carbons (Fsp3) is 0.439. The van der Waals surface area contributed by atoms with Crippen LogP contribution in [0, 0.1) is 5.41 Å². The van der Waals surface area contributed by atoms with Crippen LogP contribution in [0.3, 0.4) is 0 Å². The van der Waals surface area contributed by atoms with Gasteiger partial charge in [-0.2, -0.15) is 0 Å². The Balaban J connectivity index is 0.000000494. The van der Waals surface area contributed by atoms with E-state index in [-0.39, 0.29) is 0 Å². The quantitative estimate of drug-likeness (QED) is 0.164. The Morgan fingerprint density at radius 3 is 2.13 bits per heavy atom. The number of anilines is 1. The summed E-state index contributed by atoms with van der Waals surface area (Å²) < 4.78 is 2.26. The van der Waals surface area contributed by atoms with Crippen molar-refractivity contribution in [2.45, 2.75) is 93.0 Å². The smallest absolute Gasteiger partial charge is 0.152 e. The SMILES string of the molecule is C=C(C)C.CC(C)(C)C.CCCN(CCC)C1CC(c2nc(-c3ccc4ccc(-c5ccccc5)nc4c3)c3c(NC)nccn23)C1. The van der Waals surface area contributed by atoms with Gasteiger partial charge in [-0.1, -0.05) is 95.6 Å². The van der Waals surface area contributed by atoms with Crippen molar-refractivity contribution in [2.24, 2.45) is 5.41 Å². The summed E-state index contributed by atoms with van der Waals surface area (Å²) in [5.74, 6) is 2.44. The van der Waals surface area contributed by atoms with Gasteiger partial charge in [-0.25, -0.2) is 15.0 Å². The first-order valence-electron chi connectivity index (χ1n) is 17.3. The Kier molecular flexibility index (Phi) is 12.3. The molecule has 1 saturated carbocycles. The van der Waals surface area contributed by atoms with Crippen molar-refractivity contribution in [3.05, 3.63) is 91.0 Å². The highest BCUT2D eigenvalue weighted by atomic mass is 15.2. The van der Waals surface area contributed by atoms with Crippen LogP contribution in [-0.2, 0) is 0 Å². The Labute approximate surface area is 283 Å². The number of hydrogen-bond donors (Lipinski definition) is 1. The molecule has 5 aromatic rings. The van der Waals surface area contributed by atoms with E-state index in [1.165, 1.54) is 31.5 Å². The highest BCUT2D eigenvalue weighted by Gasteiger charge is 2.37. The van der Waals surface area contributed by atoms with Gasteiger partial charge in [0, 0.05) is 47.9 Å². The molecule has 250 valence electrons. The monoisotopic (exact) mass is 632 g/mol. The molecule has 47 heavy (non-hydrogen) atoms. The minimum absolute atomic E-state index is 0.452. The summed E-state index contributed by atoms with van der Waals surface area (Å²) in [4.78, 5) is 17.6. The molecule has 6 nitrogen and oxygen atoms in total. The standard InChI is InChI=1S/C32H36N6.C5H12.C4H8/c1-4-16-37(17-5-2)26-19-25(20-26)32-36-29(30-31(33-3)34-15-18-38(30)32)24-12-11-23-13-14-27(35-28(23)21-24)22-9-7-6-8-10-22;1-5(2,3)4;1-4(2)3/h6-15,18,21,25-26H,4-5,16-17,19-20H2,1-3H3,(H,33,34);1-4H3;1H2,2-3H3.